The molecular weight excluding hydrogens is 196 g/mol. The van der Waals surface area contributed by atoms with Gasteiger partial charge in [0.2, 0.25) is 0 Å². The van der Waals surface area contributed by atoms with E-state index in [-0.39, 0.29) is 0 Å². The number of aryl methyl sites for hydroxylation is 1. The monoisotopic (exact) mass is 220 g/mol. The van der Waals surface area contributed by atoms with Crippen LogP contribution in [0.4, 0.5) is 0 Å². The smallest absolute Gasteiger partial charge is 0.0276 e. The summed E-state index contributed by atoms with van der Waals surface area (Å²) in [5, 5.41) is 0. The van der Waals surface area contributed by atoms with E-state index < -0.39 is 0 Å². The molecule has 2 atom stereocenters. The quantitative estimate of drug-likeness (QED) is 0.571. The van der Waals surface area contributed by atoms with Crippen LogP contribution in [0, 0.1) is 12.8 Å². The third-order valence-corrected chi connectivity index (χ3v) is 3.18. The van der Waals surface area contributed by atoms with Gasteiger partial charge in [0.05, 0.1) is 0 Å². The minimum absolute atomic E-state index is 0.377. The molecule has 0 spiro atoms. The predicted molar refractivity (Wildman–Crippen MR) is 70.1 cm³/mol. The number of nitrogens with two attached hydrogens (primary N) is 1. The van der Waals surface area contributed by atoms with Gasteiger partial charge in [0, 0.05) is 6.04 Å². The SMILES string of the molecule is CCCC(C)C(Cc1cccc(C)c1)NN. The van der Waals surface area contributed by atoms with Crippen LogP contribution in [0.2, 0.25) is 0 Å². The van der Waals surface area contributed by atoms with Gasteiger partial charge in [-0.3, -0.25) is 11.3 Å². The Kier molecular flexibility index (Phi) is 5.50. The van der Waals surface area contributed by atoms with E-state index in [4.69, 9.17) is 5.84 Å². The second-order valence-corrected chi connectivity index (χ2v) is 4.73. The molecule has 1 aromatic carbocycles. The molecule has 0 aliphatic rings. The molecule has 0 radical (unpaired) electrons. The molecule has 1 aromatic rings. The Bertz CT molecular complexity index is 309. The van der Waals surface area contributed by atoms with Crippen molar-refractivity contribution in [1.29, 1.82) is 0 Å². The zero-order valence-electron chi connectivity index (χ0n) is 10.7. The average Bonchev–Trinajstić information content (AvgIpc) is 2.26. The number of benzene rings is 1. The first-order valence-electron chi connectivity index (χ1n) is 6.19. The van der Waals surface area contributed by atoms with Crippen LogP contribution in [0.3, 0.4) is 0 Å². The summed E-state index contributed by atoms with van der Waals surface area (Å²) in [6.07, 6.45) is 3.45. The molecule has 0 aliphatic carbocycles. The first-order valence-corrected chi connectivity index (χ1v) is 6.19. The minimum atomic E-state index is 0.377. The van der Waals surface area contributed by atoms with Crippen LogP contribution in [-0.2, 0) is 6.42 Å². The first kappa shape index (κ1) is 13.2. The summed E-state index contributed by atoms with van der Waals surface area (Å²) in [5.41, 5.74) is 5.64. The lowest BCUT2D eigenvalue weighted by Crippen LogP contribution is -2.41. The Hall–Kier alpha value is -0.860. The maximum Gasteiger partial charge on any atom is 0.0276 e. The Morgan fingerprint density at radius 1 is 1.38 bits per heavy atom. The highest BCUT2D eigenvalue weighted by Gasteiger charge is 2.15. The molecular formula is C14H24N2. The van der Waals surface area contributed by atoms with Crippen LogP contribution in [-0.4, -0.2) is 6.04 Å². The number of hydrazine groups is 1. The first-order chi connectivity index (χ1) is 7.67. The van der Waals surface area contributed by atoms with Gasteiger partial charge in [-0.1, -0.05) is 50.1 Å². The molecule has 16 heavy (non-hydrogen) atoms. The van der Waals surface area contributed by atoms with E-state index >= 15 is 0 Å². The second kappa shape index (κ2) is 6.66. The van der Waals surface area contributed by atoms with E-state index in [0.717, 1.165) is 6.42 Å². The number of nitrogens with one attached hydrogen (secondary N) is 1. The lowest BCUT2D eigenvalue weighted by molar-refractivity contribution is 0.357. The van der Waals surface area contributed by atoms with Gasteiger partial charge in [-0.25, -0.2) is 0 Å². The highest BCUT2D eigenvalue weighted by atomic mass is 15.2. The lowest BCUT2D eigenvalue weighted by Gasteiger charge is -2.23. The Labute approximate surface area is 99.2 Å². The molecule has 0 bridgehead atoms. The highest BCUT2D eigenvalue weighted by Crippen LogP contribution is 2.15. The molecule has 2 heteroatoms. The standard InChI is InChI=1S/C14H24N2/c1-4-6-12(3)14(16-15)10-13-8-5-7-11(2)9-13/h5,7-9,12,14,16H,4,6,10,15H2,1-3H3. The van der Waals surface area contributed by atoms with Gasteiger partial charge in [0.1, 0.15) is 0 Å². The van der Waals surface area contributed by atoms with Crippen molar-refractivity contribution in [2.24, 2.45) is 11.8 Å². The summed E-state index contributed by atoms with van der Waals surface area (Å²) in [7, 11) is 0. The van der Waals surface area contributed by atoms with Gasteiger partial charge in [-0.15, -0.1) is 0 Å². The van der Waals surface area contributed by atoms with Crippen LogP contribution in [0.1, 0.15) is 37.8 Å². The summed E-state index contributed by atoms with van der Waals surface area (Å²) < 4.78 is 0. The van der Waals surface area contributed by atoms with Crippen molar-refractivity contribution >= 4 is 0 Å². The topological polar surface area (TPSA) is 38.0 Å². The predicted octanol–water partition coefficient (Wildman–Crippen LogP) is 2.81. The van der Waals surface area contributed by atoms with E-state index in [1.54, 1.807) is 0 Å². The molecule has 0 saturated heterocycles. The van der Waals surface area contributed by atoms with Gasteiger partial charge in [0.25, 0.3) is 0 Å². The fourth-order valence-electron chi connectivity index (χ4n) is 2.17. The highest BCUT2D eigenvalue weighted by molar-refractivity contribution is 5.23. The molecule has 0 amide bonds. The maximum atomic E-state index is 5.64. The van der Waals surface area contributed by atoms with Crippen molar-refractivity contribution in [3.05, 3.63) is 35.4 Å². The maximum absolute atomic E-state index is 5.64. The second-order valence-electron chi connectivity index (χ2n) is 4.73. The molecule has 0 aromatic heterocycles. The van der Waals surface area contributed by atoms with E-state index in [0.29, 0.717) is 12.0 Å². The van der Waals surface area contributed by atoms with E-state index in [1.165, 1.54) is 24.0 Å². The van der Waals surface area contributed by atoms with Crippen molar-refractivity contribution in [2.75, 3.05) is 0 Å². The van der Waals surface area contributed by atoms with Gasteiger partial charge in [-0.05, 0) is 31.2 Å². The zero-order chi connectivity index (χ0) is 12.0. The molecule has 2 unspecified atom stereocenters. The van der Waals surface area contributed by atoms with Crippen LogP contribution in [0.15, 0.2) is 24.3 Å². The third-order valence-electron chi connectivity index (χ3n) is 3.18. The molecule has 0 saturated carbocycles. The van der Waals surface area contributed by atoms with Gasteiger partial charge >= 0.3 is 0 Å². The summed E-state index contributed by atoms with van der Waals surface area (Å²) in [5.74, 6) is 6.26. The Morgan fingerprint density at radius 2 is 2.12 bits per heavy atom. The molecule has 2 nitrogen and oxygen atoms in total. The van der Waals surface area contributed by atoms with Crippen LogP contribution < -0.4 is 11.3 Å². The molecule has 90 valence electrons. The summed E-state index contributed by atoms with van der Waals surface area (Å²) in [4.78, 5) is 0. The Morgan fingerprint density at radius 3 is 2.69 bits per heavy atom. The molecule has 0 heterocycles. The van der Waals surface area contributed by atoms with Crippen molar-refractivity contribution in [3.8, 4) is 0 Å². The largest absolute Gasteiger partial charge is 0.271 e. The number of hydrogen-bond donors (Lipinski definition) is 2. The summed E-state index contributed by atoms with van der Waals surface area (Å²) in [6, 6.07) is 9.03. The molecule has 1 rings (SSSR count). The zero-order valence-corrected chi connectivity index (χ0v) is 10.7. The lowest BCUT2D eigenvalue weighted by atomic mass is 9.91. The third kappa shape index (κ3) is 3.95. The summed E-state index contributed by atoms with van der Waals surface area (Å²) >= 11 is 0. The van der Waals surface area contributed by atoms with Gasteiger partial charge in [-0.2, -0.15) is 0 Å². The fourth-order valence-corrected chi connectivity index (χ4v) is 2.17. The molecule has 0 fully saturated rings. The average molecular weight is 220 g/mol. The molecule has 3 N–H and O–H groups in total. The van der Waals surface area contributed by atoms with E-state index in [9.17, 15) is 0 Å². The normalized spacial score (nSPS) is 14.8. The summed E-state index contributed by atoms with van der Waals surface area (Å²) in [6.45, 7) is 6.62. The minimum Gasteiger partial charge on any atom is -0.271 e. The van der Waals surface area contributed by atoms with Crippen molar-refractivity contribution in [1.82, 2.24) is 5.43 Å². The van der Waals surface area contributed by atoms with Crippen LogP contribution in [0.25, 0.3) is 0 Å². The van der Waals surface area contributed by atoms with Crippen LogP contribution in [0.5, 0.6) is 0 Å². The van der Waals surface area contributed by atoms with Gasteiger partial charge < -0.3 is 0 Å². The fraction of sp³-hybridized carbons (Fsp3) is 0.571. The van der Waals surface area contributed by atoms with Crippen LogP contribution >= 0.6 is 0 Å². The van der Waals surface area contributed by atoms with Gasteiger partial charge in [0.15, 0.2) is 0 Å². The van der Waals surface area contributed by atoms with Crippen molar-refractivity contribution in [3.63, 3.8) is 0 Å². The van der Waals surface area contributed by atoms with E-state index in [2.05, 4.69) is 50.5 Å². The molecule has 0 aliphatic heterocycles. The Balaban J connectivity index is 2.62. The van der Waals surface area contributed by atoms with Crippen molar-refractivity contribution < 1.29 is 0 Å². The van der Waals surface area contributed by atoms with Crippen molar-refractivity contribution in [2.45, 2.75) is 46.1 Å². The number of hydrogen-bond acceptors (Lipinski definition) is 2. The number of rotatable bonds is 6. The van der Waals surface area contributed by atoms with E-state index in [1.807, 2.05) is 0 Å².